The van der Waals surface area contributed by atoms with Crippen molar-refractivity contribution < 1.29 is 0 Å². The summed E-state index contributed by atoms with van der Waals surface area (Å²) < 4.78 is 0. The Bertz CT molecular complexity index is 518. The highest BCUT2D eigenvalue weighted by Gasteiger charge is 2.22. The van der Waals surface area contributed by atoms with Crippen molar-refractivity contribution in [3.05, 3.63) is 45.9 Å². The second kappa shape index (κ2) is 5.08. The first kappa shape index (κ1) is 13.1. The van der Waals surface area contributed by atoms with Gasteiger partial charge < -0.3 is 11.1 Å². The van der Waals surface area contributed by atoms with Crippen LogP contribution < -0.4 is 11.1 Å². The first-order valence-corrected chi connectivity index (χ1v) is 6.87. The summed E-state index contributed by atoms with van der Waals surface area (Å²) in [5, 5.41) is 6.64. The molecule has 0 unspecified atom stereocenters. The standard InChI is InChI=1S/C14H19N3S/c1-10-8-11(4-5-12(10)15)9-17-14(2,3)13-16-6-7-18-13/h4-8,17H,9,15H2,1-3H3. The molecule has 0 fully saturated rings. The lowest BCUT2D eigenvalue weighted by molar-refractivity contribution is 0.399. The maximum atomic E-state index is 5.82. The van der Waals surface area contributed by atoms with Crippen LogP contribution in [0.15, 0.2) is 29.8 Å². The number of nitrogens with zero attached hydrogens (tertiary/aromatic N) is 1. The number of nitrogens with two attached hydrogens (primary N) is 1. The molecule has 96 valence electrons. The third kappa shape index (κ3) is 2.89. The van der Waals surface area contributed by atoms with Crippen LogP contribution in [0.4, 0.5) is 5.69 Å². The summed E-state index contributed by atoms with van der Waals surface area (Å²) in [6, 6.07) is 6.15. The van der Waals surface area contributed by atoms with Crippen molar-refractivity contribution >= 4 is 17.0 Å². The first-order valence-electron chi connectivity index (χ1n) is 5.99. The van der Waals surface area contributed by atoms with Crippen LogP contribution in [0.5, 0.6) is 0 Å². The van der Waals surface area contributed by atoms with E-state index in [1.807, 2.05) is 24.6 Å². The fourth-order valence-electron chi connectivity index (χ4n) is 1.78. The van der Waals surface area contributed by atoms with E-state index in [0.717, 1.165) is 22.8 Å². The molecule has 0 spiro atoms. The number of nitrogens with one attached hydrogen (secondary N) is 1. The van der Waals surface area contributed by atoms with Crippen LogP contribution in [-0.4, -0.2) is 4.98 Å². The van der Waals surface area contributed by atoms with Crippen molar-refractivity contribution in [2.24, 2.45) is 0 Å². The van der Waals surface area contributed by atoms with Gasteiger partial charge >= 0.3 is 0 Å². The molecule has 18 heavy (non-hydrogen) atoms. The molecule has 0 radical (unpaired) electrons. The minimum atomic E-state index is -0.108. The van der Waals surface area contributed by atoms with Crippen LogP contribution in [0.3, 0.4) is 0 Å². The zero-order valence-electron chi connectivity index (χ0n) is 11.0. The summed E-state index contributed by atoms with van der Waals surface area (Å²) in [7, 11) is 0. The molecule has 3 nitrogen and oxygen atoms in total. The maximum absolute atomic E-state index is 5.82. The van der Waals surface area contributed by atoms with Crippen LogP contribution in [0.25, 0.3) is 0 Å². The molecule has 2 rings (SSSR count). The molecule has 0 aliphatic rings. The van der Waals surface area contributed by atoms with Crippen LogP contribution in [0.2, 0.25) is 0 Å². The third-order valence-electron chi connectivity index (χ3n) is 3.04. The van der Waals surface area contributed by atoms with Gasteiger partial charge in [0.25, 0.3) is 0 Å². The van der Waals surface area contributed by atoms with Crippen LogP contribution in [-0.2, 0) is 12.1 Å². The Morgan fingerprint density at radius 3 is 2.78 bits per heavy atom. The molecule has 0 aliphatic carbocycles. The second-order valence-electron chi connectivity index (χ2n) is 5.01. The van der Waals surface area contributed by atoms with E-state index < -0.39 is 0 Å². The van der Waals surface area contributed by atoms with Crippen molar-refractivity contribution in [1.29, 1.82) is 0 Å². The van der Waals surface area contributed by atoms with Crippen molar-refractivity contribution in [2.45, 2.75) is 32.9 Å². The van der Waals surface area contributed by atoms with Crippen molar-refractivity contribution in [2.75, 3.05) is 5.73 Å². The zero-order valence-corrected chi connectivity index (χ0v) is 11.8. The summed E-state index contributed by atoms with van der Waals surface area (Å²) in [6.07, 6.45) is 1.84. The molecule has 4 heteroatoms. The zero-order chi connectivity index (χ0) is 13.2. The highest BCUT2D eigenvalue weighted by Crippen LogP contribution is 2.23. The van der Waals surface area contributed by atoms with Crippen molar-refractivity contribution in [3.63, 3.8) is 0 Å². The predicted octanol–water partition coefficient (Wildman–Crippen LogP) is 3.06. The lowest BCUT2D eigenvalue weighted by Crippen LogP contribution is -2.35. The molecular formula is C14H19N3S. The minimum absolute atomic E-state index is 0.108. The van der Waals surface area contributed by atoms with E-state index in [1.54, 1.807) is 11.3 Å². The van der Waals surface area contributed by atoms with Gasteiger partial charge in [0.1, 0.15) is 5.01 Å². The SMILES string of the molecule is Cc1cc(CNC(C)(C)c2nccs2)ccc1N. The minimum Gasteiger partial charge on any atom is -0.399 e. The van der Waals surface area contributed by atoms with Crippen molar-refractivity contribution in [1.82, 2.24) is 10.3 Å². The Labute approximate surface area is 112 Å². The van der Waals surface area contributed by atoms with Gasteiger partial charge in [-0.2, -0.15) is 0 Å². The number of hydrogen-bond donors (Lipinski definition) is 2. The number of benzene rings is 1. The quantitative estimate of drug-likeness (QED) is 0.832. The number of aryl methyl sites for hydroxylation is 1. The molecule has 0 bridgehead atoms. The molecular weight excluding hydrogens is 242 g/mol. The van der Waals surface area contributed by atoms with E-state index in [1.165, 1.54) is 5.56 Å². The van der Waals surface area contributed by atoms with Gasteiger partial charge in [0.2, 0.25) is 0 Å². The van der Waals surface area contributed by atoms with Gasteiger partial charge in [0.15, 0.2) is 0 Å². The number of thiazole rings is 1. The van der Waals surface area contributed by atoms with Gasteiger partial charge in [-0.3, -0.25) is 0 Å². The molecule has 0 saturated heterocycles. The summed E-state index contributed by atoms with van der Waals surface area (Å²) in [6.45, 7) is 7.14. The summed E-state index contributed by atoms with van der Waals surface area (Å²) >= 11 is 1.68. The number of anilines is 1. The van der Waals surface area contributed by atoms with Crippen LogP contribution in [0, 0.1) is 6.92 Å². The van der Waals surface area contributed by atoms with E-state index in [2.05, 4.69) is 36.3 Å². The largest absolute Gasteiger partial charge is 0.399 e. The summed E-state index contributed by atoms with van der Waals surface area (Å²) in [5.74, 6) is 0. The Morgan fingerprint density at radius 1 is 1.39 bits per heavy atom. The second-order valence-corrected chi connectivity index (χ2v) is 5.90. The molecule has 1 aromatic heterocycles. The number of rotatable bonds is 4. The van der Waals surface area contributed by atoms with Gasteiger partial charge in [0.05, 0.1) is 5.54 Å². The van der Waals surface area contributed by atoms with E-state index in [0.29, 0.717) is 0 Å². The van der Waals surface area contributed by atoms with Crippen LogP contribution >= 0.6 is 11.3 Å². The Morgan fingerprint density at radius 2 is 2.17 bits per heavy atom. The van der Waals surface area contributed by atoms with Gasteiger partial charge in [-0.05, 0) is 38.0 Å². The monoisotopic (exact) mass is 261 g/mol. The van der Waals surface area contributed by atoms with E-state index in [9.17, 15) is 0 Å². The normalized spacial score (nSPS) is 11.7. The van der Waals surface area contributed by atoms with Crippen molar-refractivity contribution in [3.8, 4) is 0 Å². The van der Waals surface area contributed by atoms with Crippen LogP contribution in [0.1, 0.15) is 30.0 Å². The highest BCUT2D eigenvalue weighted by atomic mass is 32.1. The number of hydrogen-bond acceptors (Lipinski definition) is 4. The molecule has 0 saturated carbocycles. The average molecular weight is 261 g/mol. The summed E-state index contributed by atoms with van der Waals surface area (Å²) in [4.78, 5) is 4.37. The molecule has 0 aliphatic heterocycles. The Hall–Kier alpha value is -1.39. The first-order chi connectivity index (χ1) is 8.49. The molecule has 2 aromatic rings. The van der Waals surface area contributed by atoms with E-state index in [-0.39, 0.29) is 5.54 Å². The fraction of sp³-hybridized carbons (Fsp3) is 0.357. The molecule has 0 amide bonds. The third-order valence-corrected chi connectivity index (χ3v) is 4.13. The smallest absolute Gasteiger partial charge is 0.112 e. The lowest BCUT2D eigenvalue weighted by Gasteiger charge is -2.24. The number of aromatic nitrogens is 1. The highest BCUT2D eigenvalue weighted by molar-refractivity contribution is 7.09. The van der Waals surface area contributed by atoms with Gasteiger partial charge in [-0.1, -0.05) is 12.1 Å². The Kier molecular flexibility index (Phi) is 3.68. The lowest BCUT2D eigenvalue weighted by atomic mass is 10.0. The number of nitrogen functional groups attached to an aromatic ring is 1. The Balaban J connectivity index is 2.05. The summed E-state index contributed by atoms with van der Waals surface area (Å²) in [5.41, 5.74) is 8.92. The van der Waals surface area contributed by atoms with E-state index >= 15 is 0 Å². The molecule has 1 aromatic carbocycles. The predicted molar refractivity (Wildman–Crippen MR) is 77.6 cm³/mol. The molecule has 0 atom stereocenters. The van der Waals surface area contributed by atoms with E-state index in [4.69, 9.17) is 5.73 Å². The van der Waals surface area contributed by atoms with Gasteiger partial charge in [0, 0.05) is 23.8 Å². The molecule has 3 N–H and O–H groups in total. The topological polar surface area (TPSA) is 50.9 Å². The fourth-order valence-corrected chi connectivity index (χ4v) is 2.52. The average Bonchev–Trinajstić information content (AvgIpc) is 2.85. The molecule has 1 heterocycles. The van der Waals surface area contributed by atoms with Gasteiger partial charge in [-0.15, -0.1) is 11.3 Å². The van der Waals surface area contributed by atoms with Gasteiger partial charge in [-0.25, -0.2) is 4.98 Å². The maximum Gasteiger partial charge on any atom is 0.112 e.